The molecule has 1 aromatic carbocycles. The number of fused-ring (bicyclic) bond motifs is 1. The third-order valence-corrected chi connectivity index (χ3v) is 5.04. The smallest absolute Gasteiger partial charge is 0.0975 e. The summed E-state index contributed by atoms with van der Waals surface area (Å²) in [4.78, 5) is 6.38. The number of hydrogen-bond acceptors (Lipinski definition) is 3. The molecular formula is C17H22N2S. The normalized spacial score (nSPS) is 17.9. The van der Waals surface area contributed by atoms with Crippen LogP contribution >= 0.6 is 11.3 Å². The van der Waals surface area contributed by atoms with Crippen molar-refractivity contribution in [2.45, 2.75) is 45.1 Å². The summed E-state index contributed by atoms with van der Waals surface area (Å²) in [6.45, 7) is 3.33. The number of thiazole rings is 1. The summed E-state index contributed by atoms with van der Waals surface area (Å²) in [5, 5.41) is 4.94. The summed E-state index contributed by atoms with van der Waals surface area (Å²) < 4.78 is 0. The van der Waals surface area contributed by atoms with Gasteiger partial charge in [-0.25, -0.2) is 4.98 Å². The topological polar surface area (TPSA) is 24.9 Å². The minimum atomic E-state index is 0.542. The van der Waals surface area contributed by atoms with E-state index in [1.54, 1.807) is 0 Å². The summed E-state index contributed by atoms with van der Waals surface area (Å²) in [5.41, 5.74) is 2.71. The van der Waals surface area contributed by atoms with Crippen LogP contribution in [0.15, 0.2) is 30.3 Å². The molecule has 0 bridgehead atoms. The number of nitrogens with one attached hydrogen (secondary N) is 1. The van der Waals surface area contributed by atoms with Crippen LogP contribution in [-0.4, -0.2) is 11.5 Å². The zero-order valence-electron chi connectivity index (χ0n) is 12.1. The van der Waals surface area contributed by atoms with Crippen molar-refractivity contribution in [2.24, 2.45) is 0 Å². The molecule has 2 nitrogen and oxygen atoms in total. The van der Waals surface area contributed by atoms with Gasteiger partial charge in [0.1, 0.15) is 0 Å². The van der Waals surface area contributed by atoms with Gasteiger partial charge < -0.3 is 5.32 Å². The van der Waals surface area contributed by atoms with E-state index in [0.717, 1.165) is 19.4 Å². The minimum Gasteiger partial charge on any atom is -0.309 e. The average Bonchev–Trinajstić information content (AvgIpc) is 2.89. The number of hydrogen-bond donors (Lipinski definition) is 1. The highest BCUT2D eigenvalue weighted by Crippen LogP contribution is 2.34. The zero-order valence-corrected chi connectivity index (χ0v) is 12.9. The van der Waals surface area contributed by atoms with Crippen molar-refractivity contribution in [1.29, 1.82) is 0 Å². The molecule has 2 aromatic rings. The van der Waals surface area contributed by atoms with E-state index in [4.69, 9.17) is 4.98 Å². The Hall–Kier alpha value is -1.19. The molecule has 3 rings (SSSR count). The molecule has 0 saturated carbocycles. The van der Waals surface area contributed by atoms with Crippen molar-refractivity contribution in [2.75, 3.05) is 6.54 Å². The van der Waals surface area contributed by atoms with Crippen LogP contribution in [0.25, 0.3) is 0 Å². The van der Waals surface area contributed by atoms with Gasteiger partial charge in [0.2, 0.25) is 0 Å². The molecule has 0 radical (unpaired) electrons. The first-order valence-corrected chi connectivity index (χ1v) is 8.44. The van der Waals surface area contributed by atoms with Crippen LogP contribution in [-0.2, 0) is 12.8 Å². The molecular weight excluding hydrogens is 264 g/mol. The Morgan fingerprint density at radius 2 is 2.15 bits per heavy atom. The Kier molecular flexibility index (Phi) is 4.48. The van der Waals surface area contributed by atoms with Gasteiger partial charge in [0.05, 0.1) is 10.7 Å². The molecule has 3 heteroatoms. The van der Waals surface area contributed by atoms with E-state index < -0.39 is 0 Å². The monoisotopic (exact) mass is 286 g/mol. The molecule has 1 aliphatic rings. The van der Waals surface area contributed by atoms with E-state index in [9.17, 15) is 0 Å². The maximum absolute atomic E-state index is 4.88. The summed E-state index contributed by atoms with van der Waals surface area (Å²) >= 11 is 1.92. The van der Waals surface area contributed by atoms with Gasteiger partial charge in [-0.15, -0.1) is 11.3 Å². The van der Waals surface area contributed by atoms with E-state index in [1.807, 2.05) is 11.3 Å². The second kappa shape index (κ2) is 6.51. The zero-order chi connectivity index (χ0) is 13.8. The number of benzene rings is 1. The Morgan fingerprint density at radius 1 is 1.30 bits per heavy atom. The molecule has 106 valence electrons. The fourth-order valence-corrected chi connectivity index (χ4v) is 4.09. The maximum Gasteiger partial charge on any atom is 0.0975 e. The third-order valence-electron chi connectivity index (χ3n) is 3.83. The summed E-state index contributed by atoms with van der Waals surface area (Å²) in [6.07, 6.45) is 5.86. The fraction of sp³-hybridized carbons (Fsp3) is 0.471. The molecule has 1 unspecified atom stereocenters. The van der Waals surface area contributed by atoms with Crippen LogP contribution in [0, 0.1) is 0 Å². The van der Waals surface area contributed by atoms with Crippen molar-refractivity contribution in [3.8, 4) is 0 Å². The average molecular weight is 286 g/mol. The van der Waals surface area contributed by atoms with Gasteiger partial charge in [-0.3, -0.25) is 0 Å². The van der Waals surface area contributed by atoms with Gasteiger partial charge in [0.25, 0.3) is 0 Å². The van der Waals surface area contributed by atoms with Gasteiger partial charge in [-0.2, -0.15) is 0 Å². The highest BCUT2D eigenvalue weighted by atomic mass is 32.1. The Morgan fingerprint density at radius 3 is 2.95 bits per heavy atom. The van der Waals surface area contributed by atoms with E-state index in [-0.39, 0.29) is 0 Å². The number of aromatic nitrogens is 1. The van der Waals surface area contributed by atoms with Crippen LogP contribution in [0.4, 0.5) is 0 Å². The van der Waals surface area contributed by atoms with Gasteiger partial charge >= 0.3 is 0 Å². The minimum absolute atomic E-state index is 0.542. The van der Waals surface area contributed by atoms with Crippen molar-refractivity contribution >= 4 is 11.3 Å². The van der Waals surface area contributed by atoms with Crippen molar-refractivity contribution in [1.82, 2.24) is 10.3 Å². The van der Waals surface area contributed by atoms with Gasteiger partial charge in [0, 0.05) is 17.3 Å². The highest BCUT2D eigenvalue weighted by Gasteiger charge is 2.23. The largest absolute Gasteiger partial charge is 0.309 e. The van der Waals surface area contributed by atoms with E-state index in [1.165, 1.54) is 40.4 Å². The molecule has 0 fully saturated rings. The molecule has 1 aliphatic carbocycles. The molecule has 0 saturated heterocycles. The maximum atomic E-state index is 4.88. The summed E-state index contributed by atoms with van der Waals surface area (Å²) in [5.74, 6) is 0. The SMILES string of the molecule is CCCNC1CCCc2nc(Cc3ccccc3)sc21. The first-order valence-electron chi connectivity index (χ1n) is 7.62. The Balaban J connectivity index is 1.77. The third kappa shape index (κ3) is 3.10. The molecule has 20 heavy (non-hydrogen) atoms. The lowest BCUT2D eigenvalue weighted by molar-refractivity contribution is 0.464. The molecule has 1 heterocycles. The van der Waals surface area contributed by atoms with Crippen molar-refractivity contribution in [3.63, 3.8) is 0 Å². The standard InChI is InChI=1S/C17H22N2S/c1-2-11-18-14-9-6-10-15-17(14)20-16(19-15)12-13-7-4-3-5-8-13/h3-5,7-8,14,18H,2,6,9-12H2,1H3. The molecule has 0 spiro atoms. The van der Waals surface area contributed by atoms with Gasteiger partial charge in [-0.05, 0) is 37.8 Å². The molecule has 1 atom stereocenters. The van der Waals surface area contributed by atoms with E-state index in [2.05, 4.69) is 42.6 Å². The Labute approximate surface area is 125 Å². The second-order valence-electron chi connectivity index (χ2n) is 5.48. The first-order chi connectivity index (χ1) is 9.86. The van der Waals surface area contributed by atoms with Crippen LogP contribution in [0.5, 0.6) is 0 Å². The van der Waals surface area contributed by atoms with Gasteiger partial charge in [-0.1, -0.05) is 37.3 Å². The first kappa shape index (κ1) is 13.8. The summed E-state index contributed by atoms with van der Waals surface area (Å²) in [7, 11) is 0. The predicted octanol–water partition coefficient (Wildman–Crippen LogP) is 4.11. The second-order valence-corrected chi connectivity index (χ2v) is 6.60. The lowest BCUT2D eigenvalue weighted by atomic mass is 9.98. The van der Waals surface area contributed by atoms with Crippen LogP contribution in [0.1, 0.15) is 53.4 Å². The Bertz CT molecular complexity index is 547. The fourth-order valence-electron chi connectivity index (χ4n) is 2.83. The van der Waals surface area contributed by atoms with Crippen LogP contribution in [0.2, 0.25) is 0 Å². The van der Waals surface area contributed by atoms with Crippen LogP contribution < -0.4 is 5.32 Å². The van der Waals surface area contributed by atoms with Crippen LogP contribution in [0.3, 0.4) is 0 Å². The lowest BCUT2D eigenvalue weighted by Crippen LogP contribution is -2.24. The van der Waals surface area contributed by atoms with Crippen molar-refractivity contribution in [3.05, 3.63) is 51.5 Å². The van der Waals surface area contributed by atoms with Gasteiger partial charge in [0.15, 0.2) is 0 Å². The molecule has 0 aliphatic heterocycles. The van der Waals surface area contributed by atoms with E-state index in [0.29, 0.717) is 6.04 Å². The lowest BCUT2D eigenvalue weighted by Gasteiger charge is -2.22. The number of aryl methyl sites for hydroxylation is 1. The number of rotatable bonds is 5. The molecule has 1 aromatic heterocycles. The van der Waals surface area contributed by atoms with E-state index >= 15 is 0 Å². The summed E-state index contributed by atoms with van der Waals surface area (Å²) in [6, 6.07) is 11.2. The predicted molar refractivity (Wildman–Crippen MR) is 85.3 cm³/mol. The molecule has 1 N–H and O–H groups in total. The molecule has 0 amide bonds. The highest BCUT2D eigenvalue weighted by molar-refractivity contribution is 7.11. The number of nitrogens with zero attached hydrogens (tertiary/aromatic N) is 1. The van der Waals surface area contributed by atoms with Crippen molar-refractivity contribution < 1.29 is 0 Å². The quantitative estimate of drug-likeness (QED) is 0.894.